The number of hydrogen-bond acceptors (Lipinski definition) is 7. The number of aromatic nitrogens is 1. The highest BCUT2D eigenvalue weighted by Gasteiger charge is 2.34. The minimum atomic E-state index is -0.883. The molecule has 10 heteroatoms. The number of carbonyl (C=O) groups excluding carboxylic acids is 4. The SMILES string of the molecule is C=Cc1cc2cc(C(C)OC(=O)C3CCCN(C(=O)C(C)NC(=O)C(NC(=O)C(C)C=C)C(C)C)N3)ccc2cn1. The van der Waals surface area contributed by atoms with E-state index in [-0.39, 0.29) is 11.8 Å². The average Bonchev–Trinajstić information content (AvgIpc) is 2.97. The lowest BCUT2D eigenvalue weighted by molar-refractivity contribution is -0.157. The van der Waals surface area contributed by atoms with Crippen LogP contribution >= 0.6 is 0 Å². The van der Waals surface area contributed by atoms with Crippen LogP contribution in [0.15, 0.2) is 49.7 Å². The maximum absolute atomic E-state index is 13.2. The number of nitrogens with one attached hydrogen (secondary N) is 3. The first-order chi connectivity index (χ1) is 19.4. The van der Waals surface area contributed by atoms with Crippen LogP contribution in [0, 0.1) is 11.8 Å². The summed E-state index contributed by atoms with van der Waals surface area (Å²) in [5, 5.41) is 8.72. The third-order valence-corrected chi connectivity index (χ3v) is 7.22. The van der Waals surface area contributed by atoms with E-state index in [1.54, 1.807) is 33.0 Å². The summed E-state index contributed by atoms with van der Waals surface area (Å²) >= 11 is 0. The quantitative estimate of drug-likeness (QED) is 0.282. The molecule has 1 aliphatic heterocycles. The fraction of sp³-hybridized carbons (Fsp3) is 0.452. The van der Waals surface area contributed by atoms with Gasteiger partial charge in [0.2, 0.25) is 11.8 Å². The van der Waals surface area contributed by atoms with Gasteiger partial charge in [-0.1, -0.05) is 45.6 Å². The normalized spacial score (nSPS) is 18.1. The largest absolute Gasteiger partial charge is 0.457 e. The Morgan fingerprint density at radius 2 is 1.78 bits per heavy atom. The van der Waals surface area contributed by atoms with Gasteiger partial charge in [0.25, 0.3) is 5.91 Å². The van der Waals surface area contributed by atoms with Crippen LogP contribution in [0.4, 0.5) is 0 Å². The Morgan fingerprint density at radius 1 is 1.05 bits per heavy atom. The van der Waals surface area contributed by atoms with Crippen molar-refractivity contribution in [2.24, 2.45) is 11.8 Å². The Labute approximate surface area is 241 Å². The van der Waals surface area contributed by atoms with Crippen LogP contribution in [0.2, 0.25) is 0 Å². The second-order valence-corrected chi connectivity index (χ2v) is 10.8. The number of hydrogen-bond donors (Lipinski definition) is 3. The number of esters is 1. The molecule has 0 bridgehead atoms. The third kappa shape index (κ3) is 8.00. The number of carbonyl (C=O) groups is 4. The Kier molecular flexibility index (Phi) is 10.8. The summed E-state index contributed by atoms with van der Waals surface area (Å²) in [7, 11) is 0. The Hall–Kier alpha value is -4.05. The summed E-state index contributed by atoms with van der Waals surface area (Å²) in [4.78, 5) is 55.8. The summed E-state index contributed by atoms with van der Waals surface area (Å²) in [6.45, 7) is 16.4. The van der Waals surface area contributed by atoms with Crippen molar-refractivity contribution in [3.8, 4) is 0 Å². The van der Waals surface area contributed by atoms with Gasteiger partial charge in [0.1, 0.15) is 24.2 Å². The number of fused-ring (bicyclic) bond motifs is 1. The molecule has 1 fully saturated rings. The van der Waals surface area contributed by atoms with E-state index in [0.29, 0.717) is 19.4 Å². The van der Waals surface area contributed by atoms with Crippen molar-refractivity contribution in [3.63, 3.8) is 0 Å². The van der Waals surface area contributed by atoms with Crippen LogP contribution in [-0.4, -0.2) is 58.4 Å². The molecule has 3 rings (SSSR count). The molecule has 41 heavy (non-hydrogen) atoms. The van der Waals surface area contributed by atoms with Crippen LogP contribution in [0.25, 0.3) is 16.8 Å². The lowest BCUT2D eigenvalue weighted by Gasteiger charge is -2.35. The van der Waals surface area contributed by atoms with Gasteiger partial charge in [0.15, 0.2) is 0 Å². The van der Waals surface area contributed by atoms with E-state index in [0.717, 1.165) is 22.0 Å². The van der Waals surface area contributed by atoms with E-state index in [4.69, 9.17) is 4.74 Å². The predicted molar refractivity (Wildman–Crippen MR) is 158 cm³/mol. The fourth-order valence-electron chi connectivity index (χ4n) is 4.51. The van der Waals surface area contributed by atoms with Crippen molar-refractivity contribution >= 4 is 40.5 Å². The number of amides is 3. The van der Waals surface area contributed by atoms with Crippen LogP contribution in [0.1, 0.15) is 64.8 Å². The van der Waals surface area contributed by atoms with Gasteiger partial charge in [-0.2, -0.15) is 0 Å². The summed E-state index contributed by atoms with van der Waals surface area (Å²) in [5.74, 6) is -2.29. The Morgan fingerprint density at radius 3 is 2.44 bits per heavy atom. The Bertz CT molecular complexity index is 1310. The van der Waals surface area contributed by atoms with Crippen molar-refractivity contribution in [2.75, 3.05) is 6.54 Å². The van der Waals surface area contributed by atoms with Gasteiger partial charge in [-0.25, -0.2) is 5.43 Å². The van der Waals surface area contributed by atoms with Gasteiger partial charge in [-0.3, -0.25) is 29.2 Å². The predicted octanol–water partition coefficient (Wildman–Crippen LogP) is 3.45. The van der Waals surface area contributed by atoms with Crippen molar-refractivity contribution in [3.05, 3.63) is 61.0 Å². The van der Waals surface area contributed by atoms with Crippen molar-refractivity contribution < 1.29 is 23.9 Å². The molecule has 0 saturated carbocycles. The van der Waals surface area contributed by atoms with Crippen LogP contribution in [0.5, 0.6) is 0 Å². The molecular weight excluding hydrogens is 522 g/mol. The van der Waals surface area contributed by atoms with E-state index in [1.165, 1.54) is 11.1 Å². The molecular formula is C31H41N5O5. The summed E-state index contributed by atoms with van der Waals surface area (Å²) in [6.07, 6.45) is 5.53. The molecule has 1 aromatic carbocycles. The van der Waals surface area contributed by atoms with Gasteiger partial charge in [-0.15, -0.1) is 6.58 Å². The zero-order chi connectivity index (χ0) is 30.3. The molecule has 1 aliphatic rings. The van der Waals surface area contributed by atoms with Crippen molar-refractivity contribution in [1.29, 1.82) is 0 Å². The monoisotopic (exact) mass is 563 g/mol. The highest BCUT2D eigenvalue weighted by Crippen LogP contribution is 2.24. The van der Waals surface area contributed by atoms with E-state index in [1.807, 2.05) is 38.1 Å². The zero-order valence-corrected chi connectivity index (χ0v) is 24.5. The first kappa shape index (κ1) is 31.5. The highest BCUT2D eigenvalue weighted by atomic mass is 16.5. The molecule has 2 heterocycles. The van der Waals surface area contributed by atoms with Crippen molar-refractivity contribution in [1.82, 2.24) is 26.1 Å². The minimum absolute atomic E-state index is 0.198. The fourth-order valence-corrected chi connectivity index (χ4v) is 4.51. The molecule has 0 radical (unpaired) electrons. The minimum Gasteiger partial charge on any atom is -0.457 e. The molecule has 2 aromatic rings. The average molecular weight is 564 g/mol. The number of pyridine rings is 1. The molecule has 1 aromatic heterocycles. The van der Waals surface area contributed by atoms with E-state index in [9.17, 15) is 19.2 Å². The van der Waals surface area contributed by atoms with E-state index >= 15 is 0 Å². The molecule has 5 unspecified atom stereocenters. The van der Waals surface area contributed by atoms with Crippen LogP contribution in [-0.2, 0) is 23.9 Å². The van der Waals surface area contributed by atoms with Crippen molar-refractivity contribution in [2.45, 2.75) is 71.7 Å². The first-order valence-corrected chi connectivity index (χ1v) is 14.0. The van der Waals surface area contributed by atoms with Gasteiger partial charge in [0.05, 0.1) is 11.6 Å². The van der Waals surface area contributed by atoms with Gasteiger partial charge in [-0.05, 0) is 61.8 Å². The molecule has 3 amide bonds. The second-order valence-electron chi connectivity index (χ2n) is 10.8. The highest BCUT2D eigenvalue weighted by molar-refractivity contribution is 5.92. The lowest BCUT2D eigenvalue weighted by Crippen LogP contribution is -2.61. The number of nitrogens with zero attached hydrogens (tertiary/aromatic N) is 2. The van der Waals surface area contributed by atoms with Gasteiger partial charge >= 0.3 is 5.97 Å². The molecule has 3 N–H and O–H groups in total. The number of benzene rings is 1. The van der Waals surface area contributed by atoms with Gasteiger partial charge in [0, 0.05) is 18.1 Å². The maximum atomic E-state index is 13.2. The smallest absolute Gasteiger partial charge is 0.325 e. The van der Waals surface area contributed by atoms with Crippen LogP contribution < -0.4 is 16.1 Å². The third-order valence-electron chi connectivity index (χ3n) is 7.22. The summed E-state index contributed by atoms with van der Waals surface area (Å²) in [5.41, 5.74) is 4.56. The number of ether oxygens (including phenoxy) is 1. The van der Waals surface area contributed by atoms with Crippen LogP contribution in [0.3, 0.4) is 0 Å². The van der Waals surface area contributed by atoms with Gasteiger partial charge < -0.3 is 15.4 Å². The summed E-state index contributed by atoms with van der Waals surface area (Å²) in [6, 6.07) is 5.30. The molecule has 10 nitrogen and oxygen atoms in total. The van der Waals surface area contributed by atoms with E-state index < -0.39 is 47.9 Å². The zero-order valence-electron chi connectivity index (χ0n) is 24.5. The van der Waals surface area contributed by atoms with E-state index in [2.05, 4.69) is 34.2 Å². The summed E-state index contributed by atoms with van der Waals surface area (Å²) < 4.78 is 5.77. The molecule has 5 atom stereocenters. The first-order valence-electron chi connectivity index (χ1n) is 14.0. The maximum Gasteiger partial charge on any atom is 0.325 e. The molecule has 0 aliphatic carbocycles. The topological polar surface area (TPSA) is 130 Å². The lowest BCUT2D eigenvalue weighted by atomic mass is 10.0. The molecule has 0 spiro atoms. The number of rotatable bonds is 11. The second kappa shape index (κ2) is 14.0. The number of hydrazine groups is 1. The molecule has 1 saturated heterocycles. The Balaban J connectivity index is 1.59. The molecule has 220 valence electrons. The standard InChI is InChI=1S/C31H41N5O5/c1-8-19(5)28(37)34-27(18(3)4)29(38)33-20(6)30(39)36-14-10-11-26(35-36)31(40)41-21(7)22-12-13-23-17-32-25(9-2)16-24(23)15-22/h8-9,12-13,15-21,26-27,35H,1-2,10-11,14H2,3-7H3,(H,33,38)(H,34,37).